The first-order chi connectivity index (χ1) is 9.13. The van der Waals surface area contributed by atoms with Crippen LogP contribution in [0.25, 0.3) is 0 Å². The number of nitrogens with two attached hydrogens (primary N) is 1. The van der Waals surface area contributed by atoms with Crippen LogP contribution in [0.1, 0.15) is 31.2 Å². The molecule has 0 saturated heterocycles. The molecular weight excluding hydrogens is 260 g/mol. The third-order valence-corrected chi connectivity index (χ3v) is 4.59. The molecule has 0 amide bonds. The minimum atomic E-state index is 0.277. The van der Waals surface area contributed by atoms with Crippen LogP contribution in [0.5, 0.6) is 5.75 Å². The molecular formula is C15H23ClN2O. The molecule has 0 spiro atoms. The summed E-state index contributed by atoms with van der Waals surface area (Å²) in [6.07, 6.45) is 4.94. The molecule has 0 aromatic heterocycles. The second-order valence-electron chi connectivity index (χ2n) is 5.50. The first-order valence-corrected chi connectivity index (χ1v) is 7.38. The van der Waals surface area contributed by atoms with Gasteiger partial charge in [0.2, 0.25) is 0 Å². The average Bonchev–Trinajstić information content (AvgIpc) is 2.42. The van der Waals surface area contributed by atoms with E-state index < -0.39 is 0 Å². The van der Waals surface area contributed by atoms with Crippen LogP contribution in [0.3, 0.4) is 0 Å². The quantitative estimate of drug-likeness (QED) is 0.893. The lowest BCUT2D eigenvalue weighted by Crippen LogP contribution is -2.42. The lowest BCUT2D eigenvalue weighted by atomic mass is 9.83. The van der Waals surface area contributed by atoms with Crippen LogP contribution < -0.4 is 5.73 Å². The Morgan fingerprint density at radius 2 is 2.11 bits per heavy atom. The van der Waals surface area contributed by atoms with Crippen molar-refractivity contribution in [1.29, 1.82) is 0 Å². The number of phenols is 1. The Morgan fingerprint density at radius 1 is 1.37 bits per heavy atom. The van der Waals surface area contributed by atoms with Crippen molar-refractivity contribution in [2.75, 3.05) is 13.6 Å². The summed E-state index contributed by atoms with van der Waals surface area (Å²) >= 11 is 6.17. The first kappa shape index (κ1) is 14.6. The highest BCUT2D eigenvalue weighted by Crippen LogP contribution is 2.31. The minimum Gasteiger partial charge on any atom is -0.508 e. The zero-order valence-corrected chi connectivity index (χ0v) is 12.2. The van der Waals surface area contributed by atoms with Crippen LogP contribution in [-0.2, 0) is 6.54 Å². The maximum atomic E-state index is 9.93. The molecule has 1 saturated carbocycles. The van der Waals surface area contributed by atoms with E-state index in [0.717, 1.165) is 12.1 Å². The monoisotopic (exact) mass is 282 g/mol. The van der Waals surface area contributed by atoms with Crippen molar-refractivity contribution in [3.8, 4) is 5.75 Å². The SMILES string of the molecule is CN(Cc1c(O)cccc1Cl)C1CCCCC1CN. The number of phenolic OH excluding ortho intramolecular Hbond substituents is 1. The number of aromatic hydroxyl groups is 1. The van der Waals surface area contributed by atoms with Crippen LogP contribution in [0.15, 0.2) is 18.2 Å². The molecule has 19 heavy (non-hydrogen) atoms. The molecule has 1 aromatic carbocycles. The molecule has 0 radical (unpaired) electrons. The van der Waals surface area contributed by atoms with Crippen LogP contribution in [0.2, 0.25) is 5.02 Å². The van der Waals surface area contributed by atoms with E-state index in [9.17, 15) is 5.11 Å². The zero-order chi connectivity index (χ0) is 13.8. The maximum Gasteiger partial charge on any atom is 0.121 e. The maximum absolute atomic E-state index is 9.93. The van der Waals surface area contributed by atoms with Crippen molar-refractivity contribution >= 4 is 11.6 Å². The predicted molar refractivity (Wildman–Crippen MR) is 79.4 cm³/mol. The molecule has 3 N–H and O–H groups in total. The highest BCUT2D eigenvalue weighted by atomic mass is 35.5. The number of benzene rings is 1. The highest BCUT2D eigenvalue weighted by molar-refractivity contribution is 6.31. The van der Waals surface area contributed by atoms with Gasteiger partial charge in [-0.2, -0.15) is 0 Å². The molecule has 2 unspecified atom stereocenters. The van der Waals surface area contributed by atoms with E-state index in [1.54, 1.807) is 12.1 Å². The summed E-state index contributed by atoms with van der Waals surface area (Å²) in [5.41, 5.74) is 6.70. The van der Waals surface area contributed by atoms with E-state index >= 15 is 0 Å². The van der Waals surface area contributed by atoms with Crippen molar-refractivity contribution in [3.63, 3.8) is 0 Å². The number of nitrogens with zero attached hydrogens (tertiary/aromatic N) is 1. The molecule has 1 aliphatic rings. The summed E-state index contributed by atoms with van der Waals surface area (Å²) in [5.74, 6) is 0.836. The molecule has 3 nitrogen and oxygen atoms in total. The molecule has 4 heteroatoms. The van der Waals surface area contributed by atoms with Gasteiger partial charge in [-0.05, 0) is 44.5 Å². The topological polar surface area (TPSA) is 49.5 Å². The lowest BCUT2D eigenvalue weighted by Gasteiger charge is -2.37. The van der Waals surface area contributed by atoms with Crippen molar-refractivity contribution < 1.29 is 5.11 Å². The van der Waals surface area contributed by atoms with Gasteiger partial charge < -0.3 is 10.8 Å². The van der Waals surface area contributed by atoms with E-state index in [4.69, 9.17) is 17.3 Å². The van der Waals surface area contributed by atoms with Crippen molar-refractivity contribution in [1.82, 2.24) is 4.90 Å². The third-order valence-electron chi connectivity index (χ3n) is 4.24. The number of halogens is 1. The smallest absolute Gasteiger partial charge is 0.121 e. The number of hydrogen-bond donors (Lipinski definition) is 2. The Morgan fingerprint density at radius 3 is 2.79 bits per heavy atom. The third kappa shape index (κ3) is 3.41. The van der Waals surface area contributed by atoms with Gasteiger partial charge in [0.1, 0.15) is 5.75 Å². The van der Waals surface area contributed by atoms with E-state index in [0.29, 0.717) is 23.5 Å². The van der Waals surface area contributed by atoms with Crippen LogP contribution >= 0.6 is 11.6 Å². The first-order valence-electron chi connectivity index (χ1n) is 7.00. The van der Waals surface area contributed by atoms with Gasteiger partial charge in [-0.1, -0.05) is 30.5 Å². The van der Waals surface area contributed by atoms with Crippen LogP contribution in [-0.4, -0.2) is 29.6 Å². The number of hydrogen-bond acceptors (Lipinski definition) is 3. The minimum absolute atomic E-state index is 0.277. The molecule has 1 fully saturated rings. The van der Waals surface area contributed by atoms with Crippen molar-refractivity contribution in [2.45, 2.75) is 38.3 Å². The second-order valence-corrected chi connectivity index (χ2v) is 5.91. The molecule has 1 aromatic rings. The summed E-state index contributed by atoms with van der Waals surface area (Å²) in [6.45, 7) is 1.41. The summed E-state index contributed by atoms with van der Waals surface area (Å²) < 4.78 is 0. The van der Waals surface area contributed by atoms with Crippen LogP contribution in [0, 0.1) is 5.92 Å². The van der Waals surface area contributed by atoms with Gasteiger partial charge in [0, 0.05) is 23.2 Å². The molecule has 1 aliphatic carbocycles. The van der Waals surface area contributed by atoms with E-state index in [-0.39, 0.29) is 5.75 Å². The van der Waals surface area contributed by atoms with Gasteiger partial charge in [-0.15, -0.1) is 0 Å². The Bertz CT molecular complexity index is 404. The lowest BCUT2D eigenvalue weighted by molar-refractivity contribution is 0.126. The Hall–Kier alpha value is -0.770. The molecule has 106 valence electrons. The molecule has 2 atom stereocenters. The molecule has 0 heterocycles. The zero-order valence-electron chi connectivity index (χ0n) is 11.5. The standard InChI is InChI=1S/C15H23ClN2O/c1-18(14-7-3-2-5-11(14)9-17)10-12-13(16)6-4-8-15(12)19/h4,6,8,11,14,19H,2-3,5,7,9-10,17H2,1H3. The van der Waals surface area contributed by atoms with Gasteiger partial charge in [0.15, 0.2) is 0 Å². The average molecular weight is 283 g/mol. The predicted octanol–water partition coefficient (Wildman–Crippen LogP) is 2.99. The normalized spacial score (nSPS) is 23.8. The Balaban J connectivity index is 2.09. The largest absolute Gasteiger partial charge is 0.508 e. The van der Waals surface area contributed by atoms with E-state index in [1.807, 2.05) is 6.07 Å². The summed E-state index contributed by atoms with van der Waals surface area (Å²) in [4.78, 5) is 2.29. The van der Waals surface area contributed by atoms with Gasteiger partial charge in [0.25, 0.3) is 0 Å². The van der Waals surface area contributed by atoms with Crippen molar-refractivity contribution in [3.05, 3.63) is 28.8 Å². The van der Waals surface area contributed by atoms with Gasteiger partial charge in [-0.25, -0.2) is 0 Å². The fraction of sp³-hybridized carbons (Fsp3) is 0.600. The summed E-state index contributed by atoms with van der Waals surface area (Å²) in [7, 11) is 2.10. The van der Waals surface area contributed by atoms with Gasteiger partial charge >= 0.3 is 0 Å². The Labute approximate surface area is 120 Å². The van der Waals surface area contributed by atoms with E-state index in [2.05, 4.69) is 11.9 Å². The van der Waals surface area contributed by atoms with E-state index in [1.165, 1.54) is 25.7 Å². The van der Waals surface area contributed by atoms with Crippen LogP contribution in [0.4, 0.5) is 0 Å². The molecule has 0 bridgehead atoms. The van der Waals surface area contributed by atoms with Gasteiger partial charge in [-0.3, -0.25) is 4.90 Å². The summed E-state index contributed by atoms with van der Waals surface area (Å²) in [5, 5.41) is 10.6. The highest BCUT2D eigenvalue weighted by Gasteiger charge is 2.27. The summed E-state index contributed by atoms with van der Waals surface area (Å²) in [6, 6.07) is 5.78. The number of rotatable bonds is 4. The fourth-order valence-electron chi connectivity index (χ4n) is 3.11. The molecule has 2 rings (SSSR count). The molecule has 0 aliphatic heterocycles. The Kier molecular flexibility index (Phi) is 5.08. The second kappa shape index (κ2) is 6.60. The van der Waals surface area contributed by atoms with Gasteiger partial charge in [0.05, 0.1) is 0 Å². The fourth-order valence-corrected chi connectivity index (χ4v) is 3.34. The van der Waals surface area contributed by atoms with Crippen molar-refractivity contribution in [2.24, 2.45) is 11.7 Å².